The molecule has 0 aliphatic carbocycles. The molecule has 4 N–H and O–H groups in total. The van der Waals surface area contributed by atoms with Gasteiger partial charge in [-0.25, -0.2) is 9.97 Å². The highest BCUT2D eigenvalue weighted by atomic mass is 16.5. The predicted molar refractivity (Wildman–Crippen MR) is 149 cm³/mol. The van der Waals surface area contributed by atoms with Gasteiger partial charge >= 0.3 is 0 Å². The minimum atomic E-state index is -0.358. The maximum Gasteiger partial charge on any atom is 0.273 e. The molecule has 9 nitrogen and oxygen atoms in total. The first-order valence-corrected chi connectivity index (χ1v) is 12.5. The smallest absolute Gasteiger partial charge is 0.273 e. The van der Waals surface area contributed by atoms with Crippen LogP contribution < -0.4 is 26.2 Å². The monoisotopic (exact) mass is 509 g/mol. The third-order valence-corrected chi connectivity index (χ3v) is 6.72. The number of para-hydroxylation sites is 1. The van der Waals surface area contributed by atoms with E-state index in [1.807, 2.05) is 12.1 Å². The highest BCUT2D eigenvalue weighted by Crippen LogP contribution is 2.32. The Morgan fingerprint density at radius 1 is 0.868 bits per heavy atom. The van der Waals surface area contributed by atoms with Gasteiger partial charge in [0.25, 0.3) is 5.91 Å². The second-order valence-corrected chi connectivity index (χ2v) is 8.99. The number of hydrogen-bond donors (Lipinski definition) is 3. The average Bonchev–Trinajstić information content (AvgIpc) is 2.98. The van der Waals surface area contributed by atoms with Crippen molar-refractivity contribution in [2.45, 2.75) is 6.04 Å². The Labute approximate surface area is 222 Å². The van der Waals surface area contributed by atoms with Gasteiger partial charge in [-0.3, -0.25) is 20.5 Å². The zero-order valence-electron chi connectivity index (χ0n) is 21.2. The Hall–Kier alpha value is -4.63. The third kappa shape index (κ3) is 5.37. The summed E-state index contributed by atoms with van der Waals surface area (Å²) in [5.41, 5.74) is 15.3. The van der Waals surface area contributed by atoms with Crippen molar-refractivity contribution in [3.8, 4) is 5.75 Å². The normalized spacial score (nSPS) is 13.8. The molecule has 1 aromatic heterocycles. The molecule has 0 spiro atoms. The van der Waals surface area contributed by atoms with E-state index in [9.17, 15) is 4.79 Å². The standard InChI is InChI=1S/C29H31N7O2/c1-38-24-15-9-8-14-23(24)29(37)34-33-27-25(30)28(32-20-31-27)36-18-16-35(17-19-36)26(21-10-4-2-5-11-21)22-12-6-3-7-13-22/h2-15,20,26H,16-19,30H2,1H3,(H,34,37)(H,31,32,33). The van der Waals surface area contributed by atoms with Crippen molar-refractivity contribution in [2.75, 3.05) is 49.3 Å². The molecule has 1 aliphatic heterocycles. The number of nitrogens with one attached hydrogen (secondary N) is 2. The molecule has 3 aromatic carbocycles. The van der Waals surface area contributed by atoms with Gasteiger partial charge in [0.2, 0.25) is 0 Å². The van der Waals surface area contributed by atoms with Crippen LogP contribution in [-0.4, -0.2) is 54.1 Å². The lowest BCUT2D eigenvalue weighted by atomic mass is 9.96. The summed E-state index contributed by atoms with van der Waals surface area (Å²) in [6.07, 6.45) is 1.45. The van der Waals surface area contributed by atoms with E-state index in [0.29, 0.717) is 28.6 Å². The van der Waals surface area contributed by atoms with Crippen molar-refractivity contribution in [1.82, 2.24) is 20.3 Å². The maximum atomic E-state index is 12.7. The molecule has 194 valence electrons. The fourth-order valence-electron chi connectivity index (χ4n) is 4.83. The maximum absolute atomic E-state index is 12.7. The van der Waals surface area contributed by atoms with E-state index in [4.69, 9.17) is 10.5 Å². The zero-order valence-corrected chi connectivity index (χ0v) is 21.2. The molecular formula is C29H31N7O2. The van der Waals surface area contributed by atoms with Gasteiger partial charge in [0.15, 0.2) is 11.6 Å². The lowest BCUT2D eigenvalue weighted by Crippen LogP contribution is -2.48. The molecule has 1 fully saturated rings. The molecule has 1 saturated heterocycles. The van der Waals surface area contributed by atoms with Crippen LogP contribution in [0.5, 0.6) is 5.75 Å². The summed E-state index contributed by atoms with van der Waals surface area (Å²) in [6, 6.07) is 28.3. The molecule has 2 heterocycles. The van der Waals surface area contributed by atoms with Gasteiger partial charge < -0.3 is 15.4 Å². The minimum Gasteiger partial charge on any atom is -0.496 e. The van der Waals surface area contributed by atoms with Crippen LogP contribution in [0.4, 0.5) is 17.3 Å². The second kappa shape index (κ2) is 11.6. The summed E-state index contributed by atoms with van der Waals surface area (Å²) in [4.78, 5) is 26.0. The number of aromatic nitrogens is 2. The van der Waals surface area contributed by atoms with Crippen molar-refractivity contribution < 1.29 is 9.53 Å². The number of nitrogen functional groups attached to an aromatic ring is 1. The molecule has 1 amide bonds. The van der Waals surface area contributed by atoms with Gasteiger partial charge in [0, 0.05) is 26.2 Å². The van der Waals surface area contributed by atoms with E-state index in [1.165, 1.54) is 24.6 Å². The highest BCUT2D eigenvalue weighted by Gasteiger charge is 2.28. The van der Waals surface area contributed by atoms with Gasteiger partial charge in [-0.05, 0) is 23.3 Å². The molecule has 0 atom stereocenters. The number of hydrogen-bond acceptors (Lipinski definition) is 8. The van der Waals surface area contributed by atoms with Crippen LogP contribution in [-0.2, 0) is 0 Å². The quantitative estimate of drug-likeness (QED) is 0.308. The minimum absolute atomic E-state index is 0.171. The number of anilines is 3. The fourth-order valence-corrected chi connectivity index (χ4v) is 4.83. The molecule has 0 radical (unpaired) electrons. The summed E-state index contributed by atoms with van der Waals surface area (Å²) in [6.45, 7) is 3.19. The molecular weight excluding hydrogens is 478 g/mol. The molecule has 0 unspecified atom stereocenters. The van der Waals surface area contributed by atoms with E-state index in [1.54, 1.807) is 24.3 Å². The van der Waals surface area contributed by atoms with E-state index < -0.39 is 0 Å². The zero-order chi connectivity index (χ0) is 26.3. The SMILES string of the molecule is COc1ccccc1C(=O)NNc1ncnc(N2CCN(C(c3ccccc3)c3ccccc3)CC2)c1N. The first-order valence-electron chi connectivity index (χ1n) is 12.5. The lowest BCUT2D eigenvalue weighted by Gasteiger charge is -2.40. The topological polar surface area (TPSA) is 109 Å². The predicted octanol–water partition coefficient (Wildman–Crippen LogP) is 3.74. The van der Waals surface area contributed by atoms with E-state index in [2.05, 4.69) is 79.2 Å². The van der Waals surface area contributed by atoms with Crippen molar-refractivity contribution in [1.29, 1.82) is 0 Å². The number of benzene rings is 3. The number of carbonyl (C=O) groups is 1. The van der Waals surface area contributed by atoms with Crippen molar-refractivity contribution in [3.05, 3.63) is 108 Å². The molecule has 4 aromatic rings. The van der Waals surface area contributed by atoms with Gasteiger partial charge in [-0.1, -0.05) is 72.8 Å². The van der Waals surface area contributed by atoms with Crippen LogP contribution >= 0.6 is 0 Å². The number of nitrogens with zero attached hydrogens (tertiary/aromatic N) is 4. The third-order valence-electron chi connectivity index (χ3n) is 6.72. The molecule has 5 rings (SSSR count). The van der Waals surface area contributed by atoms with Gasteiger partial charge in [-0.2, -0.15) is 0 Å². The van der Waals surface area contributed by atoms with Crippen molar-refractivity contribution >= 4 is 23.2 Å². The first-order chi connectivity index (χ1) is 18.7. The van der Waals surface area contributed by atoms with Gasteiger partial charge in [-0.15, -0.1) is 0 Å². The van der Waals surface area contributed by atoms with Crippen LogP contribution in [0.1, 0.15) is 27.5 Å². The number of amides is 1. The molecule has 38 heavy (non-hydrogen) atoms. The number of methoxy groups -OCH3 is 1. The van der Waals surface area contributed by atoms with E-state index in [0.717, 1.165) is 26.2 Å². The number of rotatable bonds is 8. The summed E-state index contributed by atoms with van der Waals surface area (Å²) in [5.74, 6) is 1.10. The number of hydrazine groups is 1. The Balaban J connectivity index is 1.27. The molecule has 0 bridgehead atoms. The van der Waals surface area contributed by atoms with Gasteiger partial charge in [0.05, 0.1) is 18.7 Å². The molecule has 1 aliphatic rings. The van der Waals surface area contributed by atoms with Crippen LogP contribution in [0.25, 0.3) is 0 Å². The summed E-state index contributed by atoms with van der Waals surface area (Å²) in [7, 11) is 1.52. The highest BCUT2D eigenvalue weighted by molar-refractivity contribution is 5.97. The number of ether oxygens (including phenoxy) is 1. The molecule has 0 saturated carbocycles. The van der Waals surface area contributed by atoms with Crippen molar-refractivity contribution in [2.24, 2.45) is 0 Å². The number of carbonyl (C=O) groups excluding carboxylic acids is 1. The molecule has 9 heteroatoms. The first kappa shape index (κ1) is 25.0. The average molecular weight is 510 g/mol. The summed E-state index contributed by atoms with van der Waals surface area (Å²) < 4.78 is 5.27. The van der Waals surface area contributed by atoms with Crippen LogP contribution in [0.15, 0.2) is 91.3 Å². The Bertz CT molecular complexity index is 1320. The van der Waals surface area contributed by atoms with E-state index >= 15 is 0 Å². The lowest BCUT2D eigenvalue weighted by molar-refractivity contribution is 0.0959. The number of nitrogens with two attached hydrogens (primary N) is 1. The second-order valence-electron chi connectivity index (χ2n) is 8.99. The van der Waals surface area contributed by atoms with Crippen LogP contribution in [0.3, 0.4) is 0 Å². The Morgan fingerprint density at radius 3 is 2.11 bits per heavy atom. The summed E-state index contributed by atoms with van der Waals surface area (Å²) in [5, 5.41) is 0. The van der Waals surface area contributed by atoms with E-state index in [-0.39, 0.29) is 11.9 Å². The van der Waals surface area contributed by atoms with Crippen LogP contribution in [0.2, 0.25) is 0 Å². The Morgan fingerprint density at radius 2 is 1.47 bits per heavy atom. The number of piperazine rings is 1. The van der Waals surface area contributed by atoms with Crippen LogP contribution in [0, 0.1) is 0 Å². The fraction of sp³-hybridized carbons (Fsp3) is 0.207. The van der Waals surface area contributed by atoms with Crippen molar-refractivity contribution in [3.63, 3.8) is 0 Å². The van der Waals surface area contributed by atoms with Gasteiger partial charge in [0.1, 0.15) is 17.8 Å². The summed E-state index contributed by atoms with van der Waals surface area (Å²) >= 11 is 0. The largest absolute Gasteiger partial charge is 0.496 e. The Kier molecular flexibility index (Phi) is 7.65.